The lowest BCUT2D eigenvalue weighted by molar-refractivity contribution is -0.145. The van der Waals surface area contributed by atoms with E-state index in [1.165, 1.54) is 0 Å². The molecule has 0 aliphatic rings. The molecule has 0 saturated carbocycles. The summed E-state index contributed by atoms with van der Waals surface area (Å²) in [6.07, 6.45) is 2.64. The maximum absolute atomic E-state index is 11.2. The van der Waals surface area contributed by atoms with Gasteiger partial charge in [-0.2, -0.15) is 0 Å². The standard InChI is InChI=1S/C14H20O5/c1-10(2)14(17)19-12(4)9-18-11(3)7-13(8-16)5-6-15/h6-8,12-13H,1,5,9H2,2-4H3/b11-7+. The van der Waals surface area contributed by atoms with Gasteiger partial charge in [0, 0.05) is 17.9 Å². The van der Waals surface area contributed by atoms with E-state index >= 15 is 0 Å². The van der Waals surface area contributed by atoms with Gasteiger partial charge in [0.15, 0.2) is 0 Å². The summed E-state index contributed by atoms with van der Waals surface area (Å²) >= 11 is 0. The van der Waals surface area contributed by atoms with Crippen LogP contribution in [0.3, 0.4) is 0 Å². The van der Waals surface area contributed by atoms with E-state index in [0.717, 1.165) is 0 Å². The predicted octanol–water partition coefficient (Wildman–Crippen LogP) is 1.82. The second-order valence-corrected chi connectivity index (χ2v) is 4.29. The number of ether oxygens (including phenoxy) is 2. The number of esters is 1. The maximum atomic E-state index is 11.2. The van der Waals surface area contributed by atoms with Crippen LogP contribution < -0.4 is 0 Å². The fourth-order valence-electron chi connectivity index (χ4n) is 1.19. The summed E-state index contributed by atoms with van der Waals surface area (Å²) in [4.78, 5) is 32.2. The van der Waals surface area contributed by atoms with E-state index in [4.69, 9.17) is 9.47 Å². The van der Waals surface area contributed by atoms with Crippen molar-refractivity contribution in [3.63, 3.8) is 0 Å². The minimum absolute atomic E-state index is 0.129. The molecule has 0 aromatic heterocycles. The molecule has 0 aromatic rings. The van der Waals surface area contributed by atoms with Crippen LogP contribution in [0.25, 0.3) is 0 Å². The zero-order valence-electron chi connectivity index (χ0n) is 11.5. The molecule has 19 heavy (non-hydrogen) atoms. The van der Waals surface area contributed by atoms with Crippen molar-refractivity contribution in [3.8, 4) is 0 Å². The molecule has 0 aromatic carbocycles. The second kappa shape index (κ2) is 9.08. The van der Waals surface area contributed by atoms with Gasteiger partial charge < -0.3 is 19.1 Å². The molecule has 0 N–H and O–H groups in total. The summed E-state index contributed by atoms with van der Waals surface area (Å²) in [5.74, 6) is -0.438. The van der Waals surface area contributed by atoms with Crippen LogP contribution >= 0.6 is 0 Å². The molecule has 0 fully saturated rings. The van der Waals surface area contributed by atoms with Crippen molar-refractivity contribution in [1.29, 1.82) is 0 Å². The molecule has 5 heteroatoms. The fraction of sp³-hybridized carbons (Fsp3) is 0.500. The van der Waals surface area contributed by atoms with Crippen molar-refractivity contribution in [2.24, 2.45) is 5.92 Å². The molecule has 2 unspecified atom stereocenters. The Balaban J connectivity index is 4.20. The number of carbonyl (C=O) groups excluding carboxylic acids is 3. The molecule has 0 heterocycles. The molecule has 0 bridgehead atoms. The highest BCUT2D eigenvalue weighted by Gasteiger charge is 2.11. The SMILES string of the molecule is C=C(C)C(=O)OC(C)CO/C(C)=C/C(C=O)CC=O. The van der Waals surface area contributed by atoms with E-state index in [-0.39, 0.29) is 13.0 Å². The summed E-state index contributed by atoms with van der Waals surface area (Å²) in [5.41, 5.74) is 0.325. The minimum Gasteiger partial charge on any atom is -0.495 e. The lowest BCUT2D eigenvalue weighted by Crippen LogP contribution is -2.20. The third kappa shape index (κ3) is 7.91. The molecule has 0 aliphatic carbocycles. The van der Waals surface area contributed by atoms with Gasteiger partial charge >= 0.3 is 5.97 Å². The van der Waals surface area contributed by atoms with Gasteiger partial charge in [-0.1, -0.05) is 6.58 Å². The van der Waals surface area contributed by atoms with Crippen LogP contribution in [0.2, 0.25) is 0 Å². The molecule has 0 rings (SSSR count). The highest BCUT2D eigenvalue weighted by atomic mass is 16.6. The highest BCUT2D eigenvalue weighted by molar-refractivity contribution is 5.87. The third-order valence-electron chi connectivity index (χ3n) is 2.19. The molecular weight excluding hydrogens is 248 g/mol. The molecular formula is C14H20O5. The first-order valence-electron chi connectivity index (χ1n) is 5.97. The van der Waals surface area contributed by atoms with Gasteiger partial charge in [0.2, 0.25) is 0 Å². The Hall–Kier alpha value is -1.91. The van der Waals surface area contributed by atoms with Gasteiger partial charge in [0.1, 0.15) is 25.3 Å². The normalized spacial score (nSPS) is 14.2. The van der Waals surface area contributed by atoms with Gasteiger partial charge in [-0.15, -0.1) is 0 Å². The van der Waals surface area contributed by atoms with Crippen molar-refractivity contribution in [1.82, 2.24) is 0 Å². The Kier molecular flexibility index (Phi) is 8.17. The van der Waals surface area contributed by atoms with Gasteiger partial charge in [0.05, 0.1) is 5.76 Å². The van der Waals surface area contributed by atoms with Crippen LogP contribution in [0.15, 0.2) is 24.0 Å². The second-order valence-electron chi connectivity index (χ2n) is 4.29. The average molecular weight is 268 g/mol. The van der Waals surface area contributed by atoms with Crippen LogP contribution in [-0.4, -0.2) is 31.3 Å². The number of hydrogen-bond acceptors (Lipinski definition) is 5. The molecule has 5 nitrogen and oxygen atoms in total. The largest absolute Gasteiger partial charge is 0.495 e. The average Bonchev–Trinajstić information content (AvgIpc) is 2.35. The maximum Gasteiger partial charge on any atom is 0.333 e. The zero-order chi connectivity index (χ0) is 14.8. The van der Waals surface area contributed by atoms with Crippen LogP contribution in [0.1, 0.15) is 27.2 Å². The number of aldehydes is 2. The molecule has 0 spiro atoms. The molecule has 0 aliphatic heterocycles. The number of allylic oxidation sites excluding steroid dienone is 2. The monoisotopic (exact) mass is 268 g/mol. The van der Waals surface area contributed by atoms with Crippen LogP contribution in [0.5, 0.6) is 0 Å². The van der Waals surface area contributed by atoms with Crippen LogP contribution in [0.4, 0.5) is 0 Å². The van der Waals surface area contributed by atoms with E-state index in [2.05, 4.69) is 6.58 Å². The van der Waals surface area contributed by atoms with Crippen molar-refractivity contribution >= 4 is 18.5 Å². The number of carbonyl (C=O) groups is 3. The first-order valence-corrected chi connectivity index (χ1v) is 5.97. The van der Waals surface area contributed by atoms with Gasteiger partial charge in [-0.25, -0.2) is 4.79 Å². The minimum atomic E-state index is -0.481. The van der Waals surface area contributed by atoms with Crippen molar-refractivity contribution in [3.05, 3.63) is 24.0 Å². The van der Waals surface area contributed by atoms with Gasteiger partial charge in [-0.05, 0) is 26.8 Å². The van der Waals surface area contributed by atoms with Gasteiger partial charge in [-0.3, -0.25) is 0 Å². The zero-order valence-corrected chi connectivity index (χ0v) is 11.5. The van der Waals surface area contributed by atoms with Crippen molar-refractivity contribution in [2.75, 3.05) is 6.61 Å². The Bertz CT molecular complexity index is 370. The first-order chi connectivity index (χ1) is 8.90. The quantitative estimate of drug-likeness (QED) is 0.276. The Morgan fingerprint density at radius 3 is 2.42 bits per heavy atom. The molecule has 0 saturated heterocycles. The predicted molar refractivity (Wildman–Crippen MR) is 70.3 cm³/mol. The smallest absolute Gasteiger partial charge is 0.333 e. The topological polar surface area (TPSA) is 69.7 Å². The Morgan fingerprint density at radius 1 is 1.32 bits per heavy atom. The van der Waals surface area contributed by atoms with E-state index in [1.807, 2.05) is 0 Å². The number of hydrogen-bond donors (Lipinski definition) is 0. The summed E-state index contributed by atoms with van der Waals surface area (Å²) < 4.78 is 10.4. The summed E-state index contributed by atoms with van der Waals surface area (Å²) in [6.45, 7) is 8.58. The molecule has 0 radical (unpaired) electrons. The van der Waals surface area contributed by atoms with Crippen LogP contribution in [-0.2, 0) is 23.9 Å². The third-order valence-corrected chi connectivity index (χ3v) is 2.19. The molecule has 106 valence electrons. The lowest BCUT2D eigenvalue weighted by atomic mass is 10.1. The van der Waals surface area contributed by atoms with Gasteiger partial charge in [0.25, 0.3) is 0 Å². The van der Waals surface area contributed by atoms with E-state index in [0.29, 0.717) is 23.9 Å². The van der Waals surface area contributed by atoms with Crippen LogP contribution in [0, 0.1) is 5.92 Å². The Labute approximate surface area is 113 Å². The Morgan fingerprint density at radius 2 is 1.95 bits per heavy atom. The highest BCUT2D eigenvalue weighted by Crippen LogP contribution is 2.07. The molecule has 0 amide bonds. The van der Waals surface area contributed by atoms with Crippen molar-refractivity contribution in [2.45, 2.75) is 33.3 Å². The summed E-state index contributed by atoms with van der Waals surface area (Å²) in [7, 11) is 0. The number of rotatable bonds is 9. The first kappa shape index (κ1) is 17.1. The summed E-state index contributed by atoms with van der Waals surface area (Å²) in [6, 6.07) is 0. The molecule has 2 atom stereocenters. The fourth-order valence-corrected chi connectivity index (χ4v) is 1.19. The van der Waals surface area contributed by atoms with E-state index in [9.17, 15) is 14.4 Å². The van der Waals surface area contributed by atoms with Crippen molar-refractivity contribution < 1.29 is 23.9 Å². The van der Waals surface area contributed by atoms with E-state index in [1.54, 1.807) is 26.8 Å². The van der Waals surface area contributed by atoms with E-state index < -0.39 is 18.0 Å². The lowest BCUT2D eigenvalue weighted by Gasteiger charge is -2.15. The summed E-state index contributed by atoms with van der Waals surface area (Å²) in [5, 5.41) is 0.